The molecule has 1 N–H and O–H groups in total. The van der Waals surface area contributed by atoms with Crippen LogP contribution in [0.3, 0.4) is 0 Å². The first-order valence-corrected chi connectivity index (χ1v) is 4.85. The maximum atomic E-state index is 5.83. The van der Waals surface area contributed by atoms with Crippen LogP contribution in [0.25, 0.3) is 0 Å². The van der Waals surface area contributed by atoms with E-state index in [0.29, 0.717) is 6.10 Å². The molecular weight excluding hydrogens is 186 g/mol. The fourth-order valence-electron chi connectivity index (χ4n) is 1.46. The minimum absolute atomic E-state index is 0.304. The van der Waals surface area contributed by atoms with Crippen molar-refractivity contribution in [1.29, 1.82) is 0 Å². The zero-order valence-corrected chi connectivity index (χ0v) is 8.05. The molecule has 0 aliphatic carbocycles. The maximum Gasteiger partial charge on any atom is 0.121 e. The van der Waals surface area contributed by atoms with Crippen LogP contribution in [0.2, 0.25) is 5.02 Å². The monoisotopic (exact) mass is 197 g/mol. The molecule has 0 saturated carbocycles. The van der Waals surface area contributed by atoms with Gasteiger partial charge in [0.2, 0.25) is 0 Å². The zero-order valence-electron chi connectivity index (χ0n) is 7.29. The normalized spacial score (nSPS) is 21.8. The first-order chi connectivity index (χ1) is 6.34. The van der Waals surface area contributed by atoms with E-state index in [-0.39, 0.29) is 0 Å². The second-order valence-electron chi connectivity index (χ2n) is 3.19. The van der Waals surface area contributed by atoms with Gasteiger partial charge in [-0.3, -0.25) is 0 Å². The predicted molar refractivity (Wildman–Crippen MR) is 53.4 cm³/mol. The number of nitrogens with one attached hydrogen (secondary N) is 1. The van der Waals surface area contributed by atoms with Crippen LogP contribution in [0.15, 0.2) is 24.3 Å². The molecule has 0 bridgehead atoms. The second kappa shape index (κ2) is 3.99. The van der Waals surface area contributed by atoms with Crippen LogP contribution >= 0.6 is 11.6 Å². The van der Waals surface area contributed by atoms with Gasteiger partial charge in [0.05, 0.1) is 0 Å². The number of benzene rings is 1. The molecule has 1 fully saturated rings. The molecule has 1 aliphatic heterocycles. The Morgan fingerprint density at radius 1 is 1.46 bits per heavy atom. The average Bonchev–Trinajstić information content (AvgIpc) is 2.57. The standard InChI is InChI=1S/C10H12ClNO/c11-8-2-1-3-9(6-8)13-10-4-5-12-7-10/h1-3,6,10,12H,4-5,7H2/t10-/m0/s1. The van der Waals surface area contributed by atoms with Crippen LogP contribution in [0, 0.1) is 0 Å². The van der Waals surface area contributed by atoms with Crippen LogP contribution in [-0.2, 0) is 0 Å². The Morgan fingerprint density at radius 2 is 2.38 bits per heavy atom. The van der Waals surface area contributed by atoms with E-state index < -0.39 is 0 Å². The smallest absolute Gasteiger partial charge is 0.121 e. The van der Waals surface area contributed by atoms with Gasteiger partial charge in [0.25, 0.3) is 0 Å². The molecule has 0 unspecified atom stereocenters. The van der Waals surface area contributed by atoms with Gasteiger partial charge in [-0.25, -0.2) is 0 Å². The van der Waals surface area contributed by atoms with Gasteiger partial charge in [0.15, 0.2) is 0 Å². The molecule has 0 amide bonds. The molecule has 2 nitrogen and oxygen atoms in total. The molecule has 0 aromatic heterocycles. The van der Waals surface area contributed by atoms with Crippen LogP contribution < -0.4 is 10.1 Å². The lowest BCUT2D eigenvalue weighted by Crippen LogP contribution is -2.19. The van der Waals surface area contributed by atoms with Crippen molar-refractivity contribution in [3.8, 4) is 5.75 Å². The quantitative estimate of drug-likeness (QED) is 0.784. The lowest BCUT2D eigenvalue weighted by Gasteiger charge is -2.11. The SMILES string of the molecule is Clc1cccc(O[C@H]2CCNC2)c1. The van der Waals surface area contributed by atoms with E-state index in [1.807, 2.05) is 24.3 Å². The molecule has 1 atom stereocenters. The van der Waals surface area contributed by atoms with Crippen molar-refractivity contribution >= 4 is 11.6 Å². The fourth-order valence-corrected chi connectivity index (χ4v) is 1.64. The van der Waals surface area contributed by atoms with E-state index in [1.54, 1.807) is 0 Å². The minimum Gasteiger partial charge on any atom is -0.489 e. The topological polar surface area (TPSA) is 21.3 Å². The van der Waals surface area contributed by atoms with Gasteiger partial charge in [-0.05, 0) is 31.2 Å². The fraction of sp³-hybridized carbons (Fsp3) is 0.400. The molecule has 3 heteroatoms. The van der Waals surface area contributed by atoms with E-state index in [2.05, 4.69) is 5.32 Å². The van der Waals surface area contributed by atoms with Crippen LogP contribution in [0.5, 0.6) is 5.75 Å². The van der Waals surface area contributed by atoms with Crippen molar-refractivity contribution in [1.82, 2.24) is 5.32 Å². The van der Waals surface area contributed by atoms with Crippen molar-refractivity contribution in [2.24, 2.45) is 0 Å². The zero-order chi connectivity index (χ0) is 9.10. The summed E-state index contributed by atoms with van der Waals surface area (Å²) in [5.74, 6) is 0.862. The molecule has 1 heterocycles. The molecule has 0 radical (unpaired) electrons. The Kier molecular flexibility index (Phi) is 2.71. The van der Waals surface area contributed by atoms with Crippen LogP contribution in [-0.4, -0.2) is 19.2 Å². The summed E-state index contributed by atoms with van der Waals surface area (Å²) in [7, 11) is 0. The maximum absolute atomic E-state index is 5.83. The van der Waals surface area contributed by atoms with E-state index >= 15 is 0 Å². The minimum atomic E-state index is 0.304. The first-order valence-electron chi connectivity index (χ1n) is 4.47. The average molecular weight is 198 g/mol. The summed E-state index contributed by atoms with van der Waals surface area (Å²) in [5, 5.41) is 3.97. The number of hydrogen-bond acceptors (Lipinski definition) is 2. The third-order valence-corrected chi connectivity index (χ3v) is 2.35. The molecule has 1 aliphatic rings. The third kappa shape index (κ3) is 2.36. The second-order valence-corrected chi connectivity index (χ2v) is 3.63. The van der Waals surface area contributed by atoms with Gasteiger partial charge < -0.3 is 10.1 Å². The predicted octanol–water partition coefficient (Wildman–Crippen LogP) is 2.08. The Balaban J connectivity index is 2.00. The Labute approximate surface area is 82.9 Å². The Morgan fingerprint density at radius 3 is 3.08 bits per heavy atom. The number of halogens is 1. The number of hydrogen-bond donors (Lipinski definition) is 1. The third-order valence-electron chi connectivity index (χ3n) is 2.11. The van der Waals surface area contributed by atoms with E-state index in [0.717, 1.165) is 30.3 Å². The summed E-state index contributed by atoms with van der Waals surface area (Å²) in [6.45, 7) is 1.98. The van der Waals surface area contributed by atoms with E-state index in [4.69, 9.17) is 16.3 Å². The number of ether oxygens (including phenoxy) is 1. The molecule has 1 saturated heterocycles. The lowest BCUT2D eigenvalue weighted by molar-refractivity contribution is 0.223. The Bertz CT molecular complexity index is 284. The highest BCUT2D eigenvalue weighted by molar-refractivity contribution is 6.30. The molecule has 13 heavy (non-hydrogen) atoms. The van der Waals surface area contributed by atoms with E-state index in [1.165, 1.54) is 0 Å². The van der Waals surface area contributed by atoms with Crippen LogP contribution in [0.1, 0.15) is 6.42 Å². The van der Waals surface area contributed by atoms with Crippen LogP contribution in [0.4, 0.5) is 0 Å². The van der Waals surface area contributed by atoms with Crippen molar-refractivity contribution in [2.75, 3.05) is 13.1 Å². The summed E-state index contributed by atoms with van der Waals surface area (Å²) in [6, 6.07) is 7.53. The summed E-state index contributed by atoms with van der Waals surface area (Å²) in [6.07, 6.45) is 1.38. The van der Waals surface area contributed by atoms with Crippen molar-refractivity contribution < 1.29 is 4.74 Å². The van der Waals surface area contributed by atoms with Gasteiger partial charge in [-0.1, -0.05) is 17.7 Å². The largest absolute Gasteiger partial charge is 0.489 e. The van der Waals surface area contributed by atoms with Gasteiger partial charge in [0.1, 0.15) is 11.9 Å². The van der Waals surface area contributed by atoms with Crippen molar-refractivity contribution in [3.05, 3.63) is 29.3 Å². The lowest BCUT2D eigenvalue weighted by atomic mass is 10.3. The summed E-state index contributed by atoms with van der Waals surface area (Å²) in [5.41, 5.74) is 0. The van der Waals surface area contributed by atoms with Gasteiger partial charge in [0, 0.05) is 11.6 Å². The highest BCUT2D eigenvalue weighted by Gasteiger charge is 2.15. The van der Waals surface area contributed by atoms with Crippen molar-refractivity contribution in [2.45, 2.75) is 12.5 Å². The summed E-state index contributed by atoms with van der Waals surface area (Å²) < 4.78 is 5.71. The molecule has 70 valence electrons. The highest BCUT2D eigenvalue weighted by atomic mass is 35.5. The number of rotatable bonds is 2. The molecule has 1 aromatic carbocycles. The Hall–Kier alpha value is -0.730. The van der Waals surface area contributed by atoms with Gasteiger partial charge in [-0.2, -0.15) is 0 Å². The van der Waals surface area contributed by atoms with Gasteiger partial charge >= 0.3 is 0 Å². The molecule has 0 spiro atoms. The summed E-state index contributed by atoms with van der Waals surface area (Å²) in [4.78, 5) is 0. The van der Waals surface area contributed by atoms with Crippen molar-refractivity contribution in [3.63, 3.8) is 0 Å². The first kappa shape index (κ1) is 8.85. The van der Waals surface area contributed by atoms with E-state index in [9.17, 15) is 0 Å². The highest BCUT2D eigenvalue weighted by Crippen LogP contribution is 2.19. The van der Waals surface area contributed by atoms with Gasteiger partial charge in [-0.15, -0.1) is 0 Å². The molecular formula is C10H12ClNO. The summed E-state index contributed by atoms with van der Waals surface area (Å²) >= 11 is 5.83. The molecule has 1 aromatic rings. The molecule has 2 rings (SSSR count).